The zero-order valence-electron chi connectivity index (χ0n) is 9.63. The first-order valence-corrected chi connectivity index (χ1v) is 6.54. The van der Waals surface area contributed by atoms with Crippen LogP contribution in [0.15, 0.2) is 57.8 Å². The third-order valence-electron chi connectivity index (χ3n) is 2.00. The van der Waals surface area contributed by atoms with Crippen molar-refractivity contribution in [3.05, 3.63) is 59.2 Å². The van der Waals surface area contributed by atoms with Gasteiger partial charge in [-0.2, -0.15) is 0 Å². The summed E-state index contributed by atoms with van der Waals surface area (Å²) in [5, 5.41) is 4.08. The summed E-state index contributed by atoms with van der Waals surface area (Å²) in [5.41, 5.74) is 0. The summed E-state index contributed by atoms with van der Waals surface area (Å²) < 4.78 is 5.23. The number of hydrogen-bond acceptors (Lipinski definition) is 0. The van der Waals surface area contributed by atoms with Gasteiger partial charge in [0.1, 0.15) is 0 Å². The predicted octanol–water partition coefficient (Wildman–Crippen LogP) is 4.93. The highest BCUT2D eigenvalue weighted by Crippen LogP contribution is 2.03. The summed E-state index contributed by atoms with van der Waals surface area (Å²) in [6.07, 6.45) is 5.24. The highest BCUT2D eigenvalue weighted by Gasteiger charge is 2.01. The van der Waals surface area contributed by atoms with E-state index in [0.29, 0.717) is 0 Å². The molecule has 0 aliphatic heterocycles. The average molecular weight is 234 g/mol. The molecule has 2 heterocycles. The van der Waals surface area contributed by atoms with Crippen molar-refractivity contribution >= 4 is 11.3 Å². The van der Waals surface area contributed by atoms with Crippen LogP contribution in [0, 0.1) is 0 Å². The van der Waals surface area contributed by atoms with Gasteiger partial charge in [0.25, 0.3) is 0 Å². The van der Waals surface area contributed by atoms with Crippen molar-refractivity contribution in [1.29, 1.82) is 0 Å². The molecule has 0 unspecified atom stereocenters. The molecule has 0 aliphatic rings. The second-order valence-electron chi connectivity index (χ2n) is 3.36. The Bertz CT molecular complexity index is 321. The molecule has 0 aromatic carbocycles. The molecule has 0 N–H and O–H groups in total. The van der Waals surface area contributed by atoms with Crippen molar-refractivity contribution in [2.75, 3.05) is 0 Å². The number of unbranched alkanes of at least 4 members (excludes halogenated alkanes) is 1. The fraction of sp³-hybridized carbons (Fsp3) is 0.286. The zero-order valence-corrected chi connectivity index (χ0v) is 10.5. The quantitative estimate of drug-likeness (QED) is 0.685. The van der Waals surface area contributed by atoms with Crippen LogP contribution < -0.4 is 0 Å². The molecular formula is C14H18OS+2. The van der Waals surface area contributed by atoms with Gasteiger partial charge in [-0.1, -0.05) is 19.4 Å². The van der Waals surface area contributed by atoms with Crippen LogP contribution in [0.3, 0.4) is 0 Å². The van der Waals surface area contributed by atoms with Crippen molar-refractivity contribution in [1.82, 2.24) is 0 Å². The molecule has 0 spiro atoms. The van der Waals surface area contributed by atoms with Crippen molar-refractivity contribution in [2.45, 2.75) is 26.2 Å². The summed E-state index contributed by atoms with van der Waals surface area (Å²) in [4.78, 5) is 0. The second-order valence-corrected chi connectivity index (χ2v) is 4.18. The van der Waals surface area contributed by atoms with Crippen LogP contribution in [0.25, 0.3) is 0 Å². The van der Waals surface area contributed by atoms with Gasteiger partial charge in [0.15, 0.2) is 10.8 Å². The molecule has 2 aromatic heterocycles. The lowest BCUT2D eigenvalue weighted by Crippen LogP contribution is -1.81. The van der Waals surface area contributed by atoms with Crippen LogP contribution in [0.5, 0.6) is 0 Å². The maximum Gasteiger partial charge on any atom is 0.329 e. The molecule has 0 amide bonds. The fourth-order valence-corrected chi connectivity index (χ4v) is 1.61. The minimum atomic E-state index is 1.07. The van der Waals surface area contributed by atoms with Crippen LogP contribution in [-0.2, 0) is 6.42 Å². The Morgan fingerprint density at radius 2 is 1.88 bits per heavy atom. The van der Waals surface area contributed by atoms with E-state index in [0.717, 1.165) is 12.2 Å². The largest absolute Gasteiger partial charge is 0.329 e. The summed E-state index contributed by atoms with van der Waals surface area (Å²) in [6.45, 7) is 2.18. The predicted molar refractivity (Wildman–Crippen MR) is 70.5 cm³/mol. The Balaban J connectivity index is 0.000000181. The van der Waals surface area contributed by atoms with E-state index in [2.05, 4.69) is 6.92 Å². The first-order valence-electron chi connectivity index (χ1n) is 5.59. The van der Waals surface area contributed by atoms with Crippen LogP contribution in [-0.4, -0.2) is 0 Å². The lowest BCUT2D eigenvalue weighted by atomic mass is 10.2. The highest BCUT2D eigenvalue weighted by atomic mass is 32.1. The van der Waals surface area contributed by atoms with Gasteiger partial charge in [0, 0.05) is 12.1 Å². The van der Waals surface area contributed by atoms with Crippen molar-refractivity contribution in [2.24, 2.45) is 0 Å². The Kier molecular flexibility index (Phi) is 7.18. The minimum absolute atomic E-state index is 1.07. The molecule has 84 valence electrons. The molecular weight excluding hydrogens is 216 g/mol. The van der Waals surface area contributed by atoms with Gasteiger partial charge in [-0.05, 0) is 24.6 Å². The van der Waals surface area contributed by atoms with Crippen LogP contribution in [0.2, 0.25) is 0 Å². The molecule has 16 heavy (non-hydrogen) atoms. The summed E-state index contributed by atoms with van der Waals surface area (Å²) in [5.74, 6) is 1.09. The van der Waals surface area contributed by atoms with E-state index in [1.54, 1.807) is 17.6 Å². The normalized spacial score (nSPS) is 9.06. The van der Waals surface area contributed by atoms with Gasteiger partial charge >= 0.3 is 12.0 Å². The lowest BCUT2D eigenvalue weighted by Gasteiger charge is -1.85. The molecule has 0 radical (unpaired) electrons. The Morgan fingerprint density at radius 3 is 2.31 bits per heavy atom. The number of rotatable bonds is 3. The van der Waals surface area contributed by atoms with Gasteiger partial charge in [0.05, 0.1) is 6.42 Å². The van der Waals surface area contributed by atoms with Crippen LogP contribution >= 0.6 is 11.3 Å². The smallest absolute Gasteiger partial charge is 0.221 e. The van der Waals surface area contributed by atoms with Gasteiger partial charge in [0.2, 0.25) is 11.3 Å². The maximum absolute atomic E-state index is 5.23. The fourth-order valence-electron chi connectivity index (χ4n) is 1.16. The third-order valence-corrected chi connectivity index (χ3v) is 2.63. The topological polar surface area (TPSA) is 11.3 Å². The molecule has 0 fully saturated rings. The van der Waals surface area contributed by atoms with Gasteiger partial charge < -0.3 is 0 Å². The molecule has 2 heteroatoms. The molecule has 0 bridgehead atoms. The van der Waals surface area contributed by atoms with Crippen LogP contribution in [0.4, 0.5) is 0 Å². The number of hydrogen-bond donors (Lipinski definition) is 0. The molecule has 0 aliphatic carbocycles. The van der Waals surface area contributed by atoms with Gasteiger partial charge in [-0.15, -0.1) is 0 Å². The summed E-state index contributed by atoms with van der Waals surface area (Å²) in [6, 6.07) is 12.0. The second kappa shape index (κ2) is 8.98. The summed E-state index contributed by atoms with van der Waals surface area (Å²) >= 11 is 1.70. The van der Waals surface area contributed by atoms with E-state index >= 15 is 0 Å². The summed E-state index contributed by atoms with van der Waals surface area (Å²) in [7, 11) is 0. The van der Waals surface area contributed by atoms with E-state index in [-0.39, 0.29) is 0 Å². The SMILES string of the molecule is CCCCc1cccc[o+]1.c1cc[s+]cc1. The maximum atomic E-state index is 5.23. The minimum Gasteiger partial charge on any atom is -0.221 e. The molecule has 1 nitrogen and oxygen atoms in total. The van der Waals surface area contributed by atoms with E-state index < -0.39 is 0 Å². The molecule has 0 atom stereocenters. The highest BCUT2D eigenvalue weighted by molar-refractivity contribution is 7.07. The number of aryl methyl sites for hydroxylation is 1. The first kappa shape index (κ1) is 12.8. The van der Waals surface area contributed by atoms with Gasteiger partial charge in [-0.3, -0.25) is 0 Å². The van der Waals surface area contributed by atoms with Gasteiger partial charge in [-0.25, -0.2) is 4.42 Å². The third kappa shape index (κ3) is 6.25. The Morgan fingerprint density at radius 1 is 1.06 bits per heavy atom. The first-order chi connectivity index (χ1) is 7.93. The van der Waals surface area contributed by atoms with E-state index in [4.69, 9.17) is 4.42 Å². The van der Waals surface area contributed by atoms with E-state index in [1.807, 2.05) is 47.2 Å². The Labute approximate surface area is 101 Å². The molecule has 2 rings (SSSR count). The lowest BCUT2D eigenvalue weighted by molar-refractivity contribution is 0.484. The Hall–Kier alpha value is -1.28. The van der Waals surface area contributed by atoms with Crippen molar-refractivity contribution in [3.63, 3.8) is 0 Å². The monoisotopic (exact) mass is 234 g/mol. The average Bonchev–Trinajstić information content (AvgIpc) is 2.40. The standard InChI is InChI=1S/C9H13O.C5H5S/c1-2-3-6-9-7-4-5-8-10-9;1-2-4-6-5-3-1/h4-5,7-8H,2-3,6H2,1H3;1-5H/q2*+1. The zero-order chi connectivity index (χ0) is 11.5. The molecule has 0 saturated heterocycles. The van der Waals surface area contributed by atoms with E-state index in [9.17, 15) is 0 Å². The van der Waals surface area contributed by atoms with Crippen molar-refractivity contribution < 1.29 is 4.42 Å². The molecule has 2 aromatic rings. The van der Waals surface area contributed by atoms with E-state index in [1.165, 1.54) is 12.8 Å². The van der Waals surface area contributed by atoms with Crippen molar-refractivity contribution in [3.8, 4) is 0 Å². The molecule has 0 saturated carbocycles. The van der Waals surface area contributed by atoms with Crippen LogP contribution in [0.1, 0.15) is 25.5 Å².